The lowest BCUT2D eigenvalue weighted by Crippen LogP contribution is -2.67. The summed E-state index contributed by atoms with van der Waals surface area (Å²) < 4.78 is 34.0. The standard InChI is InChI=1S/C47H72O19/c1-20(2)9-8-10-21(3)22-14-18-47(43(59)60)24-11-12-26-44(4,5)27(15-16-45(26,6)23(24)13-17-46(22,47)7)62-41-31(52)29(50)35(37(66-41)39(57)58)64-42-33(54)34(32(53)36(65-42)38(55)56)63-40-30(51)28(49)25(48)19-61-40/h9,21-22,25-37,40-42,48-54H,8,10-19H2,1-7H3,(H,55,56)(H,57,58)(H,59,60)/t21-,22-,25+,26+,27+,28+,29-,30-,31-,32-,33-,34+,35-,36+,37+,40-,41+,42+,45-,46-,47+/m1/s1. The Hall–Kier alpha value is -2.63. The molecule has 7 rings (SSSR count). The summed E-state index contributed by atoms with van der Waals surface area (Å²) in [6.07, 6.45) is -18.3. The predicted molar refractivity (Wildman–Crippen MR) is 228 cm³/mol. The van der Waals surface area contributed by atoms with Crippen molar-refractivity contribution >= 4 is 17.9 Å². The van der Waals surface area contributed by atoms with Gasteiger partial charge < -0.3 is 79.5 Å². The molecule has 19 heteroatoms. The Balaban J connectivity index is 1.07. The molecule has 10 N–H and O–H groups in total. The molecule has 3 aliphatic heterocycles. The predicted octanol–water partition coefficient (Wildman–Crippen LogP) is 1.84. The fourth-order valence-corrected chi connectivity index (χ4v) is 13.8. The van der Waals surface area contributed by atoms with E-state index < -0.39 is 133 Å². The Morgan fingerprint density at radius 3 is 1.95 bits per heavy atom. The minimum Gasteiger partial charge on any atom is -0.481 e. The third-order valence-corrected chi connectivity index (χ3v) is 17.3. The molecule has 3 heterocycles. The van der Waals surface area contributed by atoms with Gasteiger partial charge in [-0.25, -0.2) is 9.59 Å². The van der Waals surface area contributed by atoms with Gasteiger partial charge in [-0.2, -0.15) is 0 Å². The molecule has 0 spiro atoms. The number of carboxylic acids is 3. The van der Waals surface area contributed by atoms with Gasteiger partial charge in [0.05, 0.1) is 18.1 Å². The summed E-state index contributed by atoms with van der Waals surface area (Å²) in [5.41, 5.74) is 1.27. The van der Waals surface area contributed by atoms with E-state index in [1.807, 2.05) is 13.8 Å². The topological polar surface area (TPSA) is 309 Å². The van der Waals surface area contributed by atoms with Crippen molar-refractivity contribution in [1.82, 2.24) is 0 Å². The largest absolute Gasteiger partial charge is 0.481 e. The first-order valence-electron chi connectivity index (χ1n) is 23.5. The van der Waals surface area contributed by atoms with Crippen LogP contribution in [0, 0.1) is 39.4 Å². The molecule has 4 aliphatic carbocycles. The van der Waals surface area contributed by atoms with Crippen LogP contribution < -0.4 is 0 Å². The number of aliphatic hydroxyl groups is 7. The smallest absolute Gasteiger partial charge is 0.335 e. The van der Waals surface area contributed by atoms with Gasteiger partial charge in [0, 0.05) is 0 Å². The van der Waals surface area contributed by atoms with Crippen molar-refractivity contribution in [3.05, 3.63) is 22.8 Å². The minimum absolute atomic E-state index is 0.000919. The first-order chi connectivity index (χ1) is 30.8. The van der Waals surface area contributed by atoms with E-state index in [-0.39, 0.29) is 17.3 Å². The summed E-state index contributed by atoms with van der Waals surface area (Å²) in [4.78, 5) is 38.7. The number of carbonyl (C=O) groups is 3. The lowest BCUT2D eigenvalue weighted by Gasteiger charge is -2.62. The number of fused-ring (bicyclic) bond motifs is 4. The van der Waals surface area contributed by atoms with Crippen molar-refractivity contribution in [2.45, 2.75) is 205 Å². The summed E-state index contributed by atoms with van der Waals surface area (Å²) in [5.74, 6) is -3.52. The van der Waals surface area contributed by atoms with Crippen molar-refractivity contribution in [3.8, 4) is 0 Å². The number of aliphatic hydroxyl groups excluding tert-OH is 7. The molecule has 3 saturated heterocycles. The summed E-state index contributed by atoms with van der Waals surface area (Å²) >= 11 is 0. The third kappa shape index (κ3) is 8.48. The molecule has 374 valence electrons. The van der Waals surface area contributed by atoms with Crippen LogP contribution >= 0.6 is 0 Å². The van der Waals surface area contributed by atoms with Crippen LogP contribution in [0.1, 0.15) is 113 Å². The fourth-order valence-electron chi connectivity index (χ4n) is 13.8. The summed E-state index contributed by atoms with van der Waals surface area (Å²) in [6, 6.07) is 0. The van der Waals surface area contributed by atoms with Crippen molar-refractivity contribution in [3.63, 3.8) is 0 Å². The Bertz CT molecular complexity index is 1880. The van der Waals surface area contributed by atoms with Crippen molar-refractivity contribution in [2.24, 2.45) is 39.4 Å². The van der Waals surface area contributed by atoms with Gasteiger partial charge in [0.2, 0.25) is 0 Å². The van der Waals surface area contributed by atoms with Gasteiger partial charge in [0.1, 0.15) is 54.9 Å². The number of ether oxygens (including phenoxy) is 6. The van der Waals surface area contributed by atoms with Gasteiger partial charge in [0.15, 0.2) is 31.1 Å². The van der Waals surface area contributed by atoms with Crippen LogP contribution in [0.4, 0.5) is 0 Å². The fraction of sp³-hybridized carbons (Fsp3) is 0.851. The van der Waals surface area contributed by atoms with E-state index in [2.05, 4.69) is 40.7 Å². The van der Waals surface area contributed by atoms with E-state index in [0.717, 1.165) is 37.7 Å². The van der Waals surface area contributed by atoms with Crippen LogP contribution in [-0.2, 0) is 42.8 Å². The Kier molecular flexibility index (Phi) is 14.7. The van der Waals surface area contributed by atoms with Gasteiger partial charge in [-0.05, 0) is 112 Å². The molecule has 0 unspecified atom stereocenters. The Labute approximate surface area is 384 Å². The number of allylic oxidation sites excluding steroid dienone is 3. The van der Waals surface area contributed by atoms with Gasteiger partial charge >= 0.3 is 17.9 Å². The SMILES string of the molecule is CC(C)=CCC[C@@H](C)[C@H]1CC[C@@]2(C(=O)O)C3=C(CC[C@]12C)[C@@]1(C)CC[C@H](O[C@H]2O[C@H](C(=O)O)[C@H](O[C@H]4O[C@H](C(=O)O)[C@H](O)[C@H](O[C@H]5OC[C@H](O)[C@H](O)[C@H]5O)[C@H]4O)[C@H](O)[C@H]2O)C(C)(C)[C@@H]1CC3. The molecular weight excluding hydrogens is 868 g/mol. The highest BCUT2D eigenvalue weighted by Gasteiger charge is 2.69. The summed E-state index contributed by atoms with van der Waals surface area (Å²) in [7, 11) is 0. The van der Waals surface area contributed by atoms with E-state index in [0.29, 0.717) is 38.0 Å². The van der Waals surface area contributed by atoms with E-state index in [9.17, 15) is 65.4 Å². The lowest BCUT2D eigenvalue weighted by atomic mass is 9.43. The number of rotatable bonds is 13. The van der Waals surface area contributed by atoms with Gasteiger partial charge in [-0.3, -0.25) is 4.79 Å². The molecule has 0 amide bonds. The highest BCUT2D eigenvalue weighted by Crippen LogP contribution is 2.73. The second-order valence-corrected chi connectivity index (χ2v) is 21.5. The van der Waals surface area contributed by atoms with E-state index in [4.69, 9.17) is 28.4 Å². The molecule has 21 atom stereocenters. The van der Waals surface area contributed by atoms with Crippen molar-refractivity contribution in [2.75, 3.05) is 6.61 Å². The number of carboxylic acid groups (broad SMARTS) is 3. The van der Waals surface area contributed by atoms with Gasteiger partial charge in [-0.1, -0.05) is 57.4 Å². The second-order valence-electron chi connectivity index (χ2n) is 21.5. The third-order valence-electron chi connectivity index (χ3n) is 17.3. The second kappa shape index (κ2) is 18.9. The van der Waals surface area contributed by atoms with Crippen LogP contribution in [0.5, 0.6) is 0 Å². The summed E-state index contributed by atoms with van der Waals surface area (Å²) in [6.45, 7) is 14.5. The maximum Gasteiger partial charge on any atom is 0.335 e. The van der Waals surface area contributed by atoms with Crippen LogP contribution in [0.25, 0.3) is 0 Å². The molecule has 0 bridgehead atoms. The van der Waals surface area contributed by atoms with E-state index in [1.165, 1.54) is 11.1 Å². The highest BCUT2D eigenvalue weighted by atomic mass is 16.8. The molecule has 5 fully saturated rings. The average Bonchev–Trinajstić information content (AvgIpc) is 3.57. The minimum atomic E-state index is -2.18. The molecule has 0 aromatic heterocycles. The first kappa shape index (κ1) is 51.2. The molecule has 2 saturated carbocycles. The van der Waals surface area contributed by atoms with Crippen molar-refractivity contribution < 1.29 is 93.9 Å². The van der Waals surface area contributed by atoms with Crippen LogP contribution in [0.15, 0.2) is 22.8 Å². The van der Waals surface area contributed by atoms with Crippen LogP contribution in [0.3, 0.4) is 0 Å². The molecule has 66 heavy (non-hydrogen) atoms. The molecule has 7 aliphatic rings. The summed E-state index contributed by atoms with van der Waals surface area (Å²) in [5, 5.41) is 107. The lowest BCUT2D eigenvalue weighted by molar-refractivity contribution is -0.372. The zero-order valence-electron chi connectivity index (χ0n) is 38.9. The monoisotopic (exact) mass is 940 g/mol. The first-order valence-corrected chi connectivity index (χ1v) is 23.5. The quantitative estimate of drug-likeness (QED) is 0.118. The van der Waals surface area contributed by atoms with Gasteiger partial charge in [0.25, 0.3) is 0 Å². The van der Waals surface area contributed by atoms with Crippen LogP contribution in [0.2, 0.25) is 0 Å². The number of hydrogen-bond donors (Lipinski definition) is 10. The van der Waals surface area contributed by atoms with E-state index >= 15 is 0 Å². The zero-order chi connectivity index (χ0) is 48.6. The van der Waals surface area contributed by atoms with Crippen molar-refractivity contribution in [1.29, 1.82) is 0 Å². The zero-order valence-corrected chi connectivity index (χ0v) is 38.9. The average molecular weight is 941 g/mol. The number of hydrogen-bond acceptors (Lipinski definition) is 16. The normalized spacial score (nSPS) is 47.2. The Morgan fingerprint density at radius 2 is 1.32 bits per heavy atom. The Morgan fingerprint density at radius 1 is 0.697 bits per heavy atom. The molecule has 19 nitrogen and oxygen atoms in total. The van der Waals surface area contributed by atoms with Crippen LogP contribution in [-0.4, -0.2) is 168 Å². The molecule has 0 aromatic rings. The molecule has 0 aromatic carbocycles. The maximum atomic E-state index is 13.8. The maximum absolute atomic E-state index is 13.8. The van der Waals surface area contributed by atoms with Gasteiger partial charge in [-0.15, -0.1) is 0 Å². The molecular formula is C47H72O19. The number of aliphatic carboxylic acids is 3. The van der Waals surface area contributed by atoms with E-state index in [1.54, 1.807) is 0 Å². The molecule has 0 radical (unpaired) electrons. The highest BCUT2D eigenvalue weighted by molar-refractivity contribution is 5.82.